The van der Waals surface area contributed by atoms with Gasteiger partial charge in [-0.2, -0.15) is 48.5 Å². The molecule has 0 aromatic heterocycles. The zero-order chi connectivity index (χ0) is 35.4. The predicted molar refractivity (Wildman–Crippen MR) is 186 cm³/mol. The molecule has 2 N–H and O–H groups in total. The van der Waals surface area contributed by atoms with Crippen molar-refractivity contribution in [3.63, 3.8) is 0 Å². The maximum Gasteiger partial charge on any atom is 1.00 e. The summed E-state index contributed by atoms with van der Waals surface area (Å²) in [5.74, 6) is 0.577. The molecule has 3 aromatic carbocycles. The zero-order valence-electron chi connectivity index (χ0n) is 30.2. The molecule has 0 amide bonds. The first-order valence-electron chi connectivity index (χ1n) is 14.2. The molecule has 46 heavy (non-hydrogen) atoms. The molecule has 3 rings (SSSR count). The van der Waals surface area contributed by atoms with Gasteiger partial charge in [-0.3, -0.25) is 16.1 Å². The Hall–Kier alpha value is -2.88. The third kappa shape index (κ3) is 37.3. The van der Waals surface area contributed by atoms with E-state index in [0.29, 0.717) is 5.70 Å². The van der Waals surface area contributed by atoms with Crippen LogP contribution in [0.5, 0.6) is 5.75 Å². The molecule has 0 aliphatic heterocycles. The van der Waals surface area contributed by atoms with Gasteiger partial charge in [-0.25, -0.2) is 4.39 Å². The Balaban J connectivity index is -0.000000234. The zero-order valence-corrected chi connectivity index (χ0v) is 33.3. The molecule has 248 valence electrons. The number of carbonyl (C=O) groups excluding carboxylic acids is 2. The van der Waals surface area contributed by atoms with E-state index in [4.69, 9.17) is 20.0 Å². The van der Waals surface area contributed by atoms with Crippen molar-refractivity contribution in [3.8, 4) is 5.75 Å². The molecule has 0 aliphatic rings. The van der Waals surface area contributed by atoms with Crippen molar-refractivity contribution in [2.24, 2.45) is 10.7 Å². The number of aliphatic imine (C=N–C) groups is 1. The molecule has 0 spiro atoms. The summed E-state index contributed by atoms with van der Waals surface area (Å²) >= 11 is 0. The van der Waals surface area contributed by atoms with Crippen LogP contribution in [0.15, 0.2) is 90.2 Å². The second-order valence-corrected chi connectivity index (χ2v) is 10.5. The molecule has 0 saturated carbocycles. The van der Waals surface area contributed by atoms with Gasteiger partial charge in [0.15, 0.2) is 0 Å². The van der Waals surface area contributed by atoms with Gasteiger partial charge in [0.2, 0.25) is 0 Å². The first kappa shape index (κ1) is 50.0. The summed E-state index contributed by atoms with van der Waals surface area (Å²) < 4.78 is 22.1. The second-order valence-electron chi connectivity index (χ2n) is 10.5. The minimum absolute atomic E-state index is 0. The van der Waals surface area contributed by atoms with Crippen LogP contribution < -0.4 is 61.9 Å². The summed E-state index contributed by atoms with van der Waals surface area (Å²) in [6, 6.07) is 23.5. The van der Waals surface area contributed by atoms with Gasteiger partial charge in [0.05, 0.1) is 7.11 Å². The molecule has 0 radical (unpaired) electrons. The summed E-state index contributed by atoms with van der Waals surface area (Å²) in [4.78, 5) is 22.8. The van der Waals surface area contributed by atoms with E-state index < -0.39 is 0 Å². The number of methoxy groups -OCH3 is 1. The fourth-order valence-electron chi connectivity index (χ4n) is 2.99. The summed E-state index contributed by atoms with van der Waals surface area (Å²) in [5.41, 5.74) is 11.1. The maximum absolute atomic E-state index is 12.2. The number of rotatable bonds is 3. The molecule has 0 heterocycles. The number of benzene rings is 3. The van der Waals surface area contributed by atoms with E-state index in [-0.39, 0.29) is 68.8 Å². The number of allylic oxidation sites excluding steroid dienone is 2. The van der Waals surface area contributed by atoms with E-state index >= 15 is 0 Å². The molecule has 0 bridgehead atoms. The van der Waals surface area contributed by atoms with Crippen LogP contribution in [-0.4, -0.2) is 30.7 Å². The number of nitrogens with zero attached hydrogens (tertiary/aromatic N) is 1. The Kier molecular flexibility index (Phi) is 33.4. The van der Waals surface area contributed by atoms with Crippen molar-refractivity contribution in [1.82, 2.24) is 0 Å². The van der Waals surface area contributed by atoms with E-state index in [1.807, 2.05) is 84.0 Å². The number of esters is 1. The third-order valence-corrected chi connectivity index (χ3v) is 4.53. The Morgan fingerprint density at radius 2 is 1.48 bits per heavy atom. The standard InChI is InChI=1S/C9H12O.C7H7F.C7H11N2.C7H7.C6H12O2.C2H3O.K/c1-7-4-5-9(10-3)8(2)6-7;1-6-3-2-4-7(8)5-6;1-4-9-7(3)5-6(2)8;1-7-5-3-2-4-6-7;1-5(7)8-6(2,3)4;1-2-3;/h4-6H,1-3H3;2-5H,1H3;4H,1,8H2,2-3H3;3-6H,1H3;1-4H3;1H3;/q;;2*-1;;-1;+1. The van der Waals surface area contributed by atoms with Gasteiger partial charge in [0.1, 0.15) is 17.2 Å². The first-order chi connectivity index (χ1) is 20.9. The van der Waals surface area contributed by atoms with Crippen LogP contribution in [-0.2, 0) is 14.3 Å². The average molecular weight is 659 g/mol. The summed E-state index contributed by atoms with van der Waals surface area (Å²) in [6.45, 7) is 23.3. The van der Waals surface area contributed by atoms with E-state index in [2.05, 4.69) is 43.6 Å². The molecule has 8 heteroatoms. The van der Waals surface area contributed by atoms with Crippen LogP contribution in [0.1, 0.15) is 70.7 Å². The van der Waals surface area contributed by atoms with E-state index in [1.54, 1.807) is 20.1 Å². The number of hydrogen-bond acceptors (Lipinski definition) is 6. The average Bonchev–Trinajstić information content (AvgIpc) is 2.89. The van der Waals surface area contributed by atoms with Gasteiger partial charge in [-0.1, -0.05) is 57.2 Å². The molecule has 3 aromatic rings. The van der Waals surface area contributed by atoms with E-state index in [1.165, 1.54) is 55.2 Å². The van der Waals surface area contributed by atoms with Gasteiger partial charge in [0, 0.05) is 13.1 Å². The van der Waals surface area contributed by atoms with Crippen molar-refractivity contribution in [2.45, 2.75) is 81.8 Å². The van der Waals surface area contributed by atoms with Gasteiger partial charge >= 0.3 is 57.4 Å². The van der Waals surface area contributed by atoms with Crippen LogP contribution >= 0.6 is 0 Å². The fraction of sp³-hybridized carbons (Fsp3) is 0.342. The summed E-state index contributed by atoms with van der Waals surface area (Å²) in [5, 5.41) is 0. The number of halogens is 1. The molecule has 0 unspecified atom stereocenters. The molecule has 0 atom stereocenters. The van der Waals surface area contributed by atoms with Crippen molar-refractivity contribution in [3.05, 3.63) is 125 Å². The first-order valence-corrected chi connectivity index (χ1v) is 14.2. The van der Waals surface area contributed by atoms with Crippen molar-refractivity contribution >= 4 is 18.0 Å². The summed E-state index contributed by atoms with van der Waals surface area (Å²) in [6.07, 6.45) is 5.78. The number of nitrogens with two attached hydrogens (primary N) is 1. The van der Waals surface area contributed by atoms with Gasteiger partial charge in [0.25, 0.3) is 0 Å². The predicted octanol–water partition coefficient (Wildman–Crippen LogP) is 5.97. The second kappa shape index (κ2) is 30.8. The van der Waals surface area contributed by atoms with Gasteiger partial charge in [-0.15, -0.1) is 5.71 Å². The molecule has 0 fully saturated rings. The Morgan fingerprint density at radius 1 is 0.957 bits per heavy atom. The number of aryl methyl sites for hydroxylation is 4. The van der Waals surface area contributed by atoms with Crippen molar-refractivity contribution in [1.29, 1.82) is 0 Å². The summed E-state index contributed by atoms with van der Waals surface area (Å²) in [7, 11) is 1.69. The van der Waals surface area contributed by atoms with Gasteiger partial charge in [-0.05, 0) is 70.9 Å². The van der Waals surface area contributed by atoms with Gasteiger partial charge < -0.3 is 26.1 Å². The SMILES string of the molecule is C=CN=C(C)[C-]=C(C)N.CC(=O)OC(C)(C)C.COc1ccc(C)cc1C.C[C-]=O.Cc1cc[c-]cc1.Cc1cccc(F)c1.[K+]. The minimum atomic E-state index is -0.328. The Bertz CT molecular complexity index is 1280. The van der Waals surface area contributed by atoms with Crippen molar-refractivity contribution < 1.29 is 74.8 Å². The Morgan fingerprint density at radius 3 is 1.76 bits per heavy atom. The Labute approximate surface area is 320 Å². The largest absolute Gasteiger partial charge is 1.00 e. The fourth-order valence-corrected chi connectivity index (χ4v) is 2.99. The molecular weight excluding hydrogens is 607 g/mol. The quantitative estimate of drug-likeness (QED) is 0.162. The monoisotopic (exact) mass is 658 g/mol. The maximum atomic E-state index is 12.2. The normalized spacial score (nSPS) is 9.85. The van der Waals surface area contributed by atoms with E-state index in [0.717, 1.165) is 17.0 Å². The van der Waals surface area contributed by atoms with Crippen LogP contribution in [0, 0.1) is 45.7 Å². The van der Waals surface area contributed by atoms with Crippen LogP contribution in [0.4, 0.5) is 4.39 Å². The number of carbonyl (C=O) groups is 1. The smallest absolute Gasteiger partial charge is 0.542 e. The number of ether oxygens (including phenoxy) is 2. The van der Waals surface area contributed by atoms with Crippen LogP contribution in [0.3, 0.4) is 0 Å². The molecule has 0 saturated heterocycles. The third-order valence-electron chi connectivity index (χ3n) is 4.53. The molecular formula is C38H52FKN2O4-2. The topological polar surface area (TPSA) is 91.0 Å². The van der Waals surface area contributed by atoms with Crippen LogP contribution in [0.25, 0.3) is 0 Å². The van der Waals surface area contributed by atoms with E-state index in [9.17, 15) is 9.18 Å². The minimum Gasteiger partial charge on any atom is -0.542 e. The van der Waals surface area contributed by atoms with Crippen molar-refractivity contribution in [2.75, 3.05) is 7.11 Å². The number of hydrogen-bond donors (Lipinski definition) is 1. The molecule has 6 nitrogen and oxygen atoms in total. The van der Waals surface area contributed by atoms with Crippen LogP contribution in [0.2, 0.25) is 0 Å². The molecule has 0 aliphatic carbocycles.